The zero-order valence-corrected chi connectivity index (χ0v) is 8.50. The van der Waals surface area contributed by atoms with E-state index in [-0.39, 0.29) is 6.07 Å². The van der Waals surface area contributed by atoms with Gasteiger partial charge in [0.15, 0.2) is 5.69 Å². The molecule has 0 aliphatic rings. The average molecular weight is 291 g/mol. The molecule has 11 heteroatoms. The Morgan fingerprint density at radius 2 is 1.74 bits per heavy atom. The summed E-state index contributed by atoms with van der Waals surface area (Å²) in [6.45, 7) is 0. The predicted molar refractivity (Wildman–Crippen MR) is 44.5 cm³/mol. The lowest BCUT2D eigenvalue weighted by molar-refractivity contribution is -0.278. The maximum absolute atomic E-state index is 12.4. The number of rotatable bonds is 2. The Labute approximate surface area is 99.6 Å². The Hall–Kier alpha value is -2.20. The fourth-order valence-corrected chi connectivity index (χ4v) is 1.03. The van der Waals surface area contributed by atoms with E-state index in [0.29, 0.717) is 0 Å². The van der Waals surface area contributed by atoms with E-state index in [1.165, 1.54) is 0 Å². The lowest BCUT2D eigenvalue weighted by Crippen LogP contribution is -2.22. The van der Waals surface area contributed by atoms with Crippen molar-refractivity contribution in [2.24, 2.45) is 0 Å². The number of aromatic nitrogens is 1. The Morgan fingerprint density at radius 3 is 2.11 bits per heavy atom. The Morgan fingerprint density at radius 1 is 1.21 bits per heavy atom. The molecule has 106 valence electrons. The number of nitrogens with zero attached hydrogens (tertiary/aromatic N) is 1. The van der Waals surface area contributed by atoms with Crippen LogP contribution in [0.25, 0.3) is 0 Å². The van der Waals surface area contributed by atoms with Crippen LogP contribution in [-0.4, -0.2) is 27.5 Å². The highest BCUT2D eigenvalue weighted by molar-refractivity contribution is 5.88. The average Bonchev–Trinajstić information content (AvgIpc) is 2.15. The van der Waals surface area contributed by atoms with Crippen LogP contribution in [0.15, 0.2) is 6.07 Å². The SMILES string of the molecule is O=C(O)c1nc(OC(F)(F)F)c(C(F)(F)F)cc1O. The fraction of sp³-hybridized carbons (Fsp3) is 0.250. The van der Waals surface area contributed by atoms with Gasteiger partial charge in [-0.25, -0.2) is 9.78 Å². The highest BCUT2D eigenvalue weighted by Crippen LogP contribution is 2.39. The molecule has 0 unspecified atom stereocenters. The second kappa shape index (κ2) is 4.48. The molecule has 0 fully saturated rings. The molecule has 0 bridgehead atoms. The van der Waals surface area contributed by atoms with Crippen LogP contribution in [0, 0.1) is 0 Å². The summed E-state index contributed by atoms with van der Waals surface area (Å²) in [7, 11) is 0. The van der Waals surface area contributed by atoms with Crippen LogP contribution in [0.2, 0.25) is 0 Å². The summed E-state index contributed by atoms with van der Waals surface area (Å²) < 4.78 is 75.9. The van der Waals surface area contributed by atoms with Gasteiger partial charge in [0.2, 0.25) is 5.88 Å². The van der Waals surface area contributed by atoms with Crippen molar-refractivity contribution in [2.75, 3.05) is 0 Å². The third-order valence-electron chi connectivity index (χ3n) is 1.69. The normalized spacial score (nSPS) is 12.3. The molecular weight excluding hydrogens is 288 g/mol. The van der Waals surface area contributed by atoms with E-state index in [4.69, 9.17) is 10.2 Å². The minimum absolute atomic E-state index is 0.211. The van der Waals surface area contributed by atoms with Crippen LogP contribution in [0.3, 0.4) is 0 Å². The van der Waals surface area contributed by atoms with Gasteiger partial charge in [0.25, 0.3) is 0 Å². The molecule has 0 atom stereocenters. The van der Waals surface area contributed by atoms with Gasteiger partial charge in [0.05, 0.1) is 0 Å². The number of pyridine rings is 1. The second-order valence-corrected chi connectivity index (χ2v) is 3.06. The molecule has 0 amide bonds. The number of carbonyl (C=O) groups is 1. The van der Waals surface area contributed by atoms with Gasteiger partial charge in [0, 0.05) is 6.07 Å². The summed E-state index contributed by atoms with van der Waals surface area (Å²) in [6, 6.07) is -0.211. The summed E-state index contributed by atoms with van der Waals surface area (Å²) in [5.41, 5.74) is -3.44. The first-order chi connectivity index (χ1) is 8.42. The van der Waals surface area contributed by atoms with Crippen LogP contribution < -0.4 is 4.74 Å². The molecule has 1 heterocycles. The van der Waals surface area contributed by atoms with Gasteiger partial charge in [-0.05, 0) is 0 Å². The molecule has 1 rings (SSSR count). The molecule has 0 spiro atoms. The van der Waals surface area contributed by atoms with E-state index in [2.05, 4.69) is 9.72 Å². The van der Waals surface area contributed by atoms with Crippen molar-refractivity contribution in [1.82, 2.24) is 4.98 Å². The summed E-state index contributed by atoms with van der Waals surface area (Å²) in [6.07, 6.45) is -10.8. The van der Waals surface area contributed by atoms with Crippen LogP contribution in [-0.2, 0) is 6.18 Å². The van der Waals surface area contributed by atoms with Crippen LogP contribution >= 0.6 is 0 Å². The standard InChI is InChI=1S/C8H3F6NO4/c9-7(10,11)2-1-3(16)4(6(17)18)15-5(2)19-8(12,13)14/h1,16H,(H,17,18). The van der Waals surface area contributed by atoms with E-state index in [1.807, 2.05) is 0 Å². The molecular formula is C8H3F6NO4. The Bertz CT molecular complexity index is 509. The molecule has 0 aliphatic heterocycles. The van der Waals surface area contributed by atoms with Crippen LogP contribution in [0.4, 0.5) is 26.3 Å². The van der Waals surface area contributed by atoms with Crippen LogP contribution in [0.1, 0.15) is 16.1 Å². The molecule has 0 saturated heterocycles. The molecule has 0 aliphatic carbocycles. The quantitative estimate of drug-likeness (QED) is 0.818. The third-order valence-corrected chi connectivity index (χ3v) is 1.69. The van der Waals surface area contributed by atoms with E-state index >= 15 is 0 Å². The van der Waals surface area contributed by atoms with Gasteiger partial charge in [-0.1, -0.05) is 0 Å². The molecule has 5 nitrogen and oxygen atoms in total. The number of carboxylic acids is 1. The summed E-state index contributed by atoms with van der Waals surface area (Å²) in [5, 5.41) is 17.4. The maximum Gasteiger partial charge on any atom is 0.574 e. The first kappa shape index (κ1) is 14.9. The van der Waals surface area contributed by atoms with Crippen molar-refractivity contribution in [1.29, 1.82) is 0 Å². The highest BCUT2D eigenvalue weighted by atomic mass is 19.4. The number of aromatic carboxylic acids is 1. The first-order valence-electron chi connectivity index (χ1n) is 4.22. The number of hydrogen-bond donors (Lipinski definition) is 2. The number of halogens is 6. The minimum Gasteiger partial charge on any atom is -0.505 e. The molecule has 0 radical (unpaired) electrons. The van der Waals surface area contributed by atoms with Crippen molar-refractivity contribution in [3.8, 4) is 11.6 Å². The number of ether oxygens (including phenoxy) is 1. The second-order valence-electron chi connectivity index (χ2n) is 3.06. The van der Waals surface area contributed by atoms with Crippen molar-refractivity contribution >= 4 is 5.97 Å². The van der Waals surface area contributed by atoms with Gasteiger partial charge in [-0.15, -0.1) is 13.2 Å². The number of aromatic hydroxyl groups is 1. The number of carboxylic acid groups (broad SMARTS) is 1. The van der Waals surface area contributed by atoms with Crippen molar-refractivity contribution in [2.45, 2.75) is 12.5 Å². The van der Waals surface area contributed by atoms with Crippen molar-refractivity contribution in [3.05, 3.63) is 17.3 Å². The van der Waals surface area contributed by atoms with Gasteiger partial charge in [-0.3, -0.25) is 0 Å². The predicted octanol–water partition coefficient (Wildman–Crippen LogP) is 2.40. The molecule has 19 heavy (non-hydrogen) atoms. The monoisotopic (exact) mass is 291 g/mol. The van der Waals surface area contributed by atoms with Gasteiger partial charge in [0.1, 0.15) is 11.3 Å². The van der Waals surface area contributed by atoms with E-state index in [1.54, 1.807) is 0 Å². The van der Waals surface area contributed by atoms with Crippen molar-refractivity contribution in [3.63, 3.8) is 0 Å². The minimum atomic E-state index is -5.50. The molecule has 2 N–H and O–H groups in total. The van der Waals surface area contributed by atoms with E-state index < -0.39 is 41.4 Å². The lowest BCUT2D eigenvalue weighted by Gasteiger charge is -2.15. The largest absolute Gasteiger partial charge is 0.574 e. The zero-order valence-electron chi connectivity index (χ0n) is 8.50. The third kappa shape index (κ3) is 3.63. The van der Waals surface area contributed by atoms with Crippen molar-refractivity contribution < 1.29 is 46.1 Å². The fourth-order valence-electron chi connectivity index (χ4n) is 1.03. The van der Waals surface area contributed by atoms with Gasteiger partial charge in [-0.2, -0.15) is 13.2 Å². The lowest BCUT2D eigenvalue weighted by atomic mass is 10.2. The van der Waals surface area contributed by atoms with E-state index in [0.717, 1.165) is 0 Å². The maximum atomic E-state index is 12.4. The number of alkyl halides is 6. The van der Waals surface area contributed by atoms with Crippen LogP contribution in [0.5, 0.6) is 11.6 Å². The highest BCUT2D eigenvalue weighted by Gasteiger charge is 2.41. The molecule has 1 aromatic heterocycles. The van der Waals surface area contributed by atoms with Gasteiger partial charge >= 0.3 is 18.5 Å². The van der Waals surface area contributed by atoms with E-state index in [9.17, 15) is 31.1 Å². The summed E-state index contributed by atoms with van der Waals surface area (Å²) in [4.78, 5) is 13.0. The Kier molecular flexibility index (Phi) is 3.50. The summed E-state index contributed by atoms with van der Waals surface area (Å²) in [5.74, 6) is -5.46. The Balaban J connectivity index is 3.46. The molecule has 0 saturated carbocycles. The topological polar surface area (TPSA) is 79.7 Å². The smallest absolute Gasteiger partial charge is 0.505 e. The zero-order chi connectivity index (χ0) is 15.0. The summed E-state index contributed by atoms with van der Waals surface area (Å²) >= 11 is 0. The first-order valence-corrected chi connectivity index (χ1v) is 4.22. The molecule has 0 aromatic carbocycles. The number of hydrogen-bond acceptors (Lipinski definition) is 4. The van der Waals surface area contributed by atoms with Gasteiger partial charge < -0.3 is 14.9 Å². The molecule has 1 aromatic rings.